The van der Waals surface area contributed by atoms with Gasteiger partial charge >= 0.3 is 0 Å². The van der Waals surface area contributed by atoms with Crippen LogP contribution in [0.1, 0.15) is 16.8 Å². The highest BCUT2D eigenvalue weighted by Crippen LogP contribution is 2.25. The second-order valence-corrected chi connectivity index (χ2v) is 7.97. The lowest BCUT2D eigenvalue weighted by Crippen LogP contribution is -2.15. The van der Waals surface area contributed by atoms with E-state index in [2.05, 4.69) is 15.5 Å². The maximum absolute atomic E-state index is 12.4. The summed E-state index contributed by atoms with van der Waals surface area (Å²) in [7, 11) is 1.65. The van der Waals surface area contributed by atoms with Gasteiger partial charge in [0.2, 0.25) is 11.8 Å². The zero-order valence-corrected chi connectivity index (χ0v) is 18.4. The van der Waals surface area contributed by atoms with Crippen molar-refractivity contribution in [1.82, 2.24) is 14.8 Å². The number of amides is 2. The van der Waals surface area contributed by atoms with E-state index in [9.17, 15) is 9.59 Å². The molecule has 10 heteroatoms. The van der Waals surface area contributed by atoms with Crippen molar-refractivity contribution in [3.63, 3.8) is 0 Å². The molecular formula is C21H22ClN5O3S. The van der Waals surface area contributed by atoms with E-state index in [1.165, 1.54) is 11.8 Å². The molecule has 0 saturated heterocycles. The number of methoxy groups -OCH3 is 1. The first kappa shape index (κ1) is 22.8. The Morgan fingerprint density at radius 2 is 1.84 bits per heavy atom. The van der Waals surface area contributed by atoms with Crippen LogP contribution in [0, 0.1) is 0 Å². The zero-order valence-electron chi connectivity index (χ0n) is 16.9. The zero-order chi connectivity index (χ0) is 22.2. The Bertz CT molecular complexity index is 1040. The Balaban J connectivity index is 1.68. The van der Waals surface area contributed by atoms with Crippen LogP contribution in [0.2, 0.25) is 5.02 Å². The summed E-state index contributed by atoms with van der Waals surface area (Å²) in [5.74, 6) is 0.146. The molecule has 1 heterocycles. The average Bonchev–Trinajstić information content (AvgIpc) is 3.16. The lowest BCUT2D eigenvalue weighted by Gasteiger charge is -2.10. The Kier molecular flexibility index (Phi) is 8.05. The molecule has 0 spiro atoms. The van der Waals surface area contributed by atoms with Crippen molar-refractivity contribution in [3.8, 4) is 11.4 Å². The molecule has 0 bridgehead atoms. The molecule has 0 fully saturated rings. The molecule has 0 radical (unpaired) electrons. The number of nitrogens with one attached hydrogen (secondary N) is 1. The Morgan fingerprint density at radius 3 is 2.48 bits per heavy atom. The summed E-state index contributed by atoms with van der Waals surface area (Å²) < 4.78 is 7.13. The number of hydrogen-bond donors (Lipinski definition) is 2. The fraction of sp³-hybridized carbons (Fsp3) is 0.238. The number of primary amides is 1. The van der Waals surface area contributed by atoms with E-state index in [-0.39, 0.29) is 11.7 Å². The van der Waals surface area contributed by atoms with Crippen LogP contribution in [-0.4, -0.2) is 46.0 Å². The van der Waals surface area contributed by atoms with Gasteiger partial charge in [0.05, 0.1) is 5.75 Å². The van der Waals surface area contributed by atoms with Gasteiger partial charge in [-0.05, 0) is 55.0 Å². The number of ether oxygens (including phenoxy) is 1. The molecule has 31 heavy (non-hydrogen) atoms. The van der Waals surface area contributed by atoms with E-state index in [1.807, 2.05) is 16.7 Å². The van der Waals surface area contributed by atoms with E-state index >= 15 is 0 Å². The highest BCUT2D eigenvalue weighted by molar-refractivity contribution is 7.99. The first-order chi connectivity index (χ1) is 15.0. The largest absolute Gasteiger partial charge is 0.385 e. The number of rotatable bonds is 10. The molecule has 1 aromatic heterocycles. The number of anilines is 1. The Labute approximate surface area is 189 Å². The van der Waals surface area contributed by atoms with Gasteiger partial charge in [0.1, 0.15) is 0 Å². The maximum Gasteiger partial charge on any atom is 0.248 e. The number of aromatic nitrogens is 3. The molecular weight excluding hydrogens is 438 g/mol. The van der Waals surface area contributed by atoms with E-state index < -0.39 is 5.91 Å². The van der Waals surface area contributed by atoms with Crippen molar-refractivity contribution in [2.75, 3.05) is 24.8 Å². The third kappa shape index (κ3) is 6.30. The number of carbonyl (C=O) groups excluding carboxylic acids is 2. The predicted octanol–water partition coefficient (Wildman–Crippen LogP) is 3.46. The van der Waals surface area contributed by atoms with E-state index in [0.717, 1.165) is 12.0 Å². The number of benzene rings is 2. The number of halogens is 1. The second kappa shape index (κ2) is 10.9. The summed E-state index contributed by atoms with van der Waals surface area (Å²) in [4.78, 5) is 23.5. The monoisotopic (exact) mass is 459 g/mol. The summed E-state index contributed by atoms with van der Waals surface area (Å²) in [6.07, 6.45) is 0.779. The van der Waals surface area contributed by atoms with Crippen LogP contribution in [0.25, 0.3) is 11.4 Å². The molecule has 8 nitrogen and oxygen atoms in total. The van der Waals surface area contributed by atoms with Crippen LogP contribution < -0.4 is 11.1 Å². The minimum atomic E-state index is -0.516. The maximum atomic E-state index is 12.4. The van der Waals surface area contributed by atoms with E-state index in [0.29, 0.717) is 40.4 Å². The van der Waals surface area contributed by atoms with Gasteiger partial charge in [-0.25, -0.2) is 0 Å². The van der Waals surface area contributed by atoms with Crippen molar-refractivity contribution in [2.45, 2.75) is 18.1 Å². The standard InChI is InChI=1S/C21H22ClN5O3S/c1-30-12-2-11-27-20(15-3-7-16(22)8-4-15)25-26-21(27)31-13-18(28)24-17-9-5-14(6-10-17)19(23)29/h3-10H,2,11-13H2,1H3,(H2,23,29)(H,24,28). The highest BCUT2D eigenvalue weighted by atomic mass is 35.5. The number of nitrogens with zero attached hydrogens (tertiary/aromatic N) is 3. The van der Waals surface area contributed by atoms with Crippen molar-refractivity contribution in [1.29, 1.82) is 0 Å². The second-order valence-electron chi connectivity index (χ2n) is 6.59. The van der Waals surface area contributed by atoms with Gasteiger partial charge in [-0.2, -0.15) is 0 Å². The fourth-order valence-electron chi connectivity index (χ4n) is 2.82. The van der Waals surface area contributed by atoms with Crippen LogP contribution in [0.3, 0.4) is 0 Å². The number of carbonyl (C=O) groups is 2. The average molecular weight is 460 g/mol. The molecule has 2 amide bonds. The number of thioether (sulfide) groups is 1. The lowest BCUT2D eigenvalue weighted by molar-refractivity contribution is -0.113. The first-order valence-corrected chi connectivity index (χ1v) is 10.8. The molecule has 0 atom stereocenters. The quantitative estimate of drug-likeness (QED) is 0.354. The van der Waals surface area contributed by atoms with Gasteiger partial charge in [0.15, 0.2) is 11.0 Å². The van der Waals surface area contributed by atoms with Gasteiger partial charge in [-0.3, -0.25) is 9.59 Å². The lowest BCUT2D eigenvalue weighted by atomic mass is 10.2. The normalized spacial score (nSPS) is 10.8. The van der Waals surface area contributed by atoms with Gasteiger partial charge in [-0.1, -0.05) is 23.4 Å². The fourth-order valence-corrected chi connectivity index (χ4v) is 3.71. The van der Waals surface area contributed by atoms with Crippen molar-refractivity contribution in [2.24, 2.45) is 5.73 Å². The van der Waals surface area contributed by atoms with Crippen molar-refractivity contribution < 1.29 is 14.3 Å². The molecule has 0 aliphatic rings. The Hall–Kier alpha value is -2.88. The van der Waals surface area contributed by atoms with Gasteiger partial charge in [-0.15, -0.1) is 10.2 Å². The molecule has 0 unspecified atom stereocenters. The summed E-state index contributed by atoms with van der Waals surface area (Å²) in [6.45, 7) is 1.25. The summed E-state index contributed by atoms with van der Waals surface area (Å²) >= 11 is 7.29. The van der Waals surface area contributed by atoms with E-state index in [1.54, 1.807) is 43.5 Å². The Morgan fingerprint density at radius 1 is 1.13 bits per heavy atom. The van der Waals surface area contributed by atoms with Gasteiger partial charge in [0.25, 0.3) is 0 Å². The minimum absolute atomic E-state index is 0.153. The molecule has 2 aromatic carbocycles. The molecule has 0 aliphatic heterocycles. The van der Waals surface area contributed by atoms with Crippen LogP contribution in [0.5, 0.6) is 0 Å². The molecule has 0 aliphatic carbocycles. The van der Waals surface area contributed by atoms with Crippen molar-refractivity contribution in [3.05, 3.63) is 59.1 Å². The number of nitrogens with two attached hydrogens (primary N) is 1. The molecule has 3 rings (SSSR count). The van der Waals surface area contributed by atoms with Crippen LogP contribution in [0.15, 0.2) is 53.7 Å². The summed E-state index contributed by atoms with van der Waals surface area (Å²) in [5, 5.41) is 12.7. The summed E-state index contributed by atoms with van der Waals surface area (Å²) in [6, 6.07) is 13.8. The first-order valence-electron chi connectivity index (χ1n) is 9.48. The summed E-state index contributed by atoms with van der Waals surface area (Å²) in [5.41, 5.74) is 7.08. The van der Waals surface area contributed by atoms with Gasteiger partial charge < -0.3 is 20.4 Å². The smallest absolute Gasteiger partial charge is 0.248 e. The molecule has 3 aromatic rings. The molecule has 162 valence electrons. The SMILES string of the molecule is COCCCn1c(SCC(=O)Nc2ccc(C(N)=O)cc2)nnc1-c1ccc(Cl)cc1. The number of hydrogen-bond acceptors (Lipinski definition) is 6. The van der Waals surface area contributed by atoms with E-state index in [4.69, 9.17) is 22.1 Å². The third-order valence-electron chi connectivity index (χ3n) is 4.33. The molecule has 3 N–H and O–H groups in total. The predicted molar refractivity (Wildman–Crippen MR) is 121 cm³/mol. The topological polar surface area (TPSA) is 112 Å². The van der Waals surface area contributed by atoms with Crippen LogP contribution in [0.4, 0.5) is 5.69 Å². The molecule has 0 saturated carbocycles. The third-order valence-corrected chi connectivity index (χ3v) is 5.55. The van der Waals surface area contributed by atoms with Crippen molar-refractivity contribution >= 4 is 40.9 Å². The minimum Gasteiger partial charge on any atom is -0.385 e. The van der Waals surface area contributed by atoms with Crippen LogP contribution >= 0.6 is 23.4 Å². The highest BCUT2D eigenvalue weighted by Gasteiger charge is 2.16. The van der Waals surface area contributed by atoms with Gasteiger partial charge in [0, 0.05) is 42.1 Å². The van der Waals surface area contributed by atoms with Crippen LogP contribution in [-0.2, 0) is 16.1 Å².